The SMILES string of the molecule is CCCCOc1ccc(OC(=O)Nc2ccc3occ(C4=CCN5CCCCC5CC4)c3c2)cc1.CCCCOc1ccccc1OC(=O)Nc1ccc2[nH]cc(C3=CCN4CCCCC4C3)c2c1. The van der Waals surface area contributed by atoms with Crippen molar-refractivity contribution in [2.75, 3.05) is 50.0 Å². The van der Waals surface area contributed by atoms with E-state index >= 15 is 0 Å². The topological polar surface area (TPSA) is 131 Å². The summed E-state index contributed by atoms with van der Waals surface area (Å²) in [4.78, 5) is 33.8. The van der Waals surface area contributed by atoms with Gasteiger partial charge in [0.1, 0.15) is 17.1 Å². The monoisotopic (exact) mass is 934 g/mol. The van der Waals surface area contributed by atoms with Gasteiger partial charge in [0, 0.05) is 70.2 Å². The number of H-pyrrole nitrogens is 1. The maximum absolute atomic E-state index is 12.7. The first-order valence-electron chi connectivity index (χ1n) is 25.3. The summed E-state index contributed by atoms with van der Waals surface area (Å²) in [5.41, 5.74) is 8.35. The van der Waals surface area contributed by atoms with Crippen molar-refractivity contribution >= 4 is 56.6 Å². The van der Waals surface area contributed by atoms with Gasteiger partial charge >= 0.3 is 12.2 Å². The number of hydrogen-bond donors (Lipinski definition) is 3. The van der Waals surface area contributed by atoms with Crippen LogP contribution in [-0.4, -0.2) is 78.4 Å². The Morgan fingerprint density at radius 3 is 2.09 bits per heavy atom. The number of amides is 2. The van der Waals surface area contributed by atoms with Crippen LogP contribution < -0.4 is 29.6 Å². The number of carbonyl (C=O) groups is 2. The highest BCUT2D eigenvalue weighted by atomic mass is 16.6. The largest absolute Gasteiger partial charge is 0.494 e. The first-order valence-corrected chi connectivity index (χ1v) is 25.3. The van der Waals surface area contributed by atoms with Crippen molar-refractivity contribution in [2.24, 2.45) is 0 Å². The number of benzene rings is 4. The quantitative estimate of drug-likeness (QED) is 0.0914. The molecular weight excluding hydrogens is 867 g/mol. The molecule has 0 aliphatic carbocycles. The van der Waals surface area contributed by atoms with Crippen molar-refractivity contribution < 1.29 is 33.0 Å². The number of nitrogens with one attached hydrogen (secondary N) is 3. The summed E-state index contributed by atoms with van der Waals surface area (Å²) < 4.78 is 28.3. The van der Waals surface area contributed by atoms with Gasteiger partial charge in [-0.1, -0.05) is 63.8 Å². The molecule has 362 valence electrons. The molecule has 0 bridgehead atoms. The van der Waals surface area contributed by atoms with Crippen LogP contribution in [0.5, 0.6) is 23.0 Å². The average molecular weight is 934 g/mol. The number of unbranched alkanes of at least 4 members (excludes halogenated alkanes) is 2. The number of anilines is 2. The number of carbonyl (C=O) groups excluding carboxylic acids is 2. The van der Waals surface area contributed by atoms with Crippen LogP contribution in [-0.2, 0) is 0 Å². The summed E-state index contributed by atoms with van der Waals surface area (Å²) in [5.74, 6) is 2.24. The number of aromatic nitrogens is 1. The molecule has 6 heterocycles. The zero-order valence-electron chi connectivity index (χ0n) is 40.2. The summed E-state index contributed by atoms with van der Waals surface area (Å²) >= 11 is 0. The summed E-state index contributed by atoms with van der Waals surface area (Å²) in [6.45, 7) is 9.96. The maximum atomic E-state index is 12.7. The average Bonchev–Trinajstić information content (AvgIpc) is 3.93. The van der Waals surface area contributed by atoms with Gasteiger partial charge in [0.15, 0.2) is 11.5 Å². The van der Waals surface area contributed by atoms with Crippen molar-refractivity contribution in [3.8, 4) is 23.0 Å². The summed E-state index contributed by atoms with van der Waals surface area (Å²) in [6, 6.07) is 27.4. The predicted octanol–water partition coefficient (Wildman–Crippen LogP) is 13.9. The van der Waals surface area contributed by atoms with Gasteiger partial charge < -0.3 is 28.3 Å². The van der Waals surface area contributed by atoms with E-state index < -0.39 is 12.2 Å². The molecule has 69 heavy (non-hydrogen) atoms. The second-order valence-electron chi connectivity index (χ2n) is 18.7. The molecule has 6 aromatic rings. The van der Waals surface area contributed by atoms with E-state index in [9.17, 15) is 9.59 Å². The van der Waals surface area contributed by atoms with Crippen LogP contribution in [0, 0.1) is 0 Å². The standard InChI is InChI=1S/C29H34N2O4.C28H33N3O3/c1-2-3-18-33-24-10-12-25(13-11-24)35-29(32)30-22-8-14-28-26(19-22)27(20-34-28)21-7-9-23-6-4-5-16-31(23)17-15-21;1-2-3-16-33-26-9-4-5-10-27(26)34-28(32)30-21-11-12-25-23(18-21)24(19-29-25)20-13-15-31-14-7-6-8-22(31)17-20/h8,10-15,19-20,23H,2-7,9,16-18H2,1H3,(H,30,32);4-5,9-13,18-19,22,29H,2-3,6-8,14-17H2,1H3,(H,30,32). The number of piperidine rings is 2. The highest BCUT2D eigenvalue weighted by Crippen LogP contribution is 2.38. The minimum absolute atomic E-state index is 0.420. The summed E-state index contributed by atoms with van der Waals surface area (Å²) in [6.07, 6.45) is 22.9. The maximum Gasteiger partial charge on any atom is 0.417 e. The number of hydrogen-bond acceptors (Lipinski definition) is 9. The van der Waals surface area contributed by atoms with Crippen molar-refractivity contribution in [1.82, 2.24) is 14.8 Å². The molecule has 2 amide bonds. The number of nitrogens with zero attached hydrogens (tertiary/aromatic N) is 2. The van der Waals surface area contributed by atoms with E-state index in [2.05, 4.69) is 57.6 Å². The minimum atomic E-state index is -0.530. The van der Waals surface area contributed by atoms with Gasteiger partial charge in [-0.3, -0.25) is 20.4 Å². The third kappa shape index (κ3) is 12.2. The fourth-order valence-electron chi connectivity index (χ4n) is 10.1. The smallest absolute Gasteiger partial charge is 0.417 e. The van der Waals surface area contributed by atoms with Crippen molar-refractivity contribution in [1.29, 1.82) is 0 Å². The molecule has 4 aliphatic heterocycles. The Hall–Kier alpha value is -6.50. The number of allylic oxidation sites excluding steroid dienone is 1. The molecule has 2 atom stereocenters. The van der Waals surface area contributed by atoms with E-state index in [1.807, 2.05) is 73.0 Å². The predicted molar refractivity (Wildman–Crippen MR) is 276 cm³/mol. The zero-order valence-corrected chi connectivity index (χ0v) is 40.2. The number of aromatic amines is 1. The molecule has 4 aromatic carbocycles. The van der Waals surface area contributed by atoms with E-state index in [-0.39, 0.29) is 0 Å². The fraction of sp³-hybridized carbons (Fsp3) is 0.404. The molecule has 0 radical (unpaired) electrons. The molecule has 4 aliphatic rings. The molecule has 12 heteroatoms. The Labute approximate surface area is 406 Å². The molecule has 2 saturated heterocycles. The van der Waals surface area contributed by atoms with Gasteiger partial charge in [-0.25, -0.2) is 9.59 Å². The van der Waals surface area contributed by atoms with Gasteiger partial charge in [0.05, 0.1) is 19.5 Å². The van der Waals surface area contributed by atoms with Gasteiger partial charge in [-0.15, -0.1) is 0 Å². The molecule has 10 rings (SSSR count). The third-order valence-corrected chi connectivity index (χ3v) is 13.9. The van der Waals surface area contributed by atoms with Crippen LogP contribution in [0.4, 0.5) is 21.0 Å². The highest BCUT2D eigenvalue weighted by Gasteiger charge is 2.28. The van der Waals surface area contributed by atoms with Crippen LogP contribution in [0.1, 0.15) is 108 Å². The van der Waals surface area contributed by atoms with Crippen molar-refractivity contribution in [3.63, 3.8) is 0 Å². The molecule has 2 aromatic heterocycles. The Bertz CT molecular complexity index is 2740. The summed E-state index contributed by atoms with van der Waals surface area (Å²) in [7, 11) is 0. The molecule has 2 fully saturated rings. The second-order valence-corrected chi connectivity index (χ2v) is 18.7. The van der Waals surface area contributed by atoms with Crippen LogP contribution in [0.25, 0.3) is 33.0 Å². The van der Waals surface area contributed by atoms with E-state index in [0.717, 1.165) is 84.8 Å². The van der Waals surface area contributed by atoms with E-state index in [4.69, 9.17) is 23.4 Å². The van der Waals surface area contributed by atoms with Gasteiger partial charge in [-0.2, -0.15) is 0 Å². The molecule has 3 N–H and O–H groups in total. The second kappa shape index (κ2) is 23.2. The van der Waals surface area contributed by atoms with Crippen LogP contribution in [0.3, 0.4) is 0 Å². The lowest BCUT2D eigenvalue weighted by Crippen LogP contribution is -2.41. The molecule has 12 nitrogen and oxygen atoms in total. The zero-order chi connectivity index (χ0) is 47.4. The Kier molecular flexibility index (Phi) is 16.0. The summed E-state index contributed by atoms with van der Waals surface area (Å²) in [5, 5.41) is 7.87. The number of furan rings is 1. The van der Waals surface area contributed by atoms with Crippen LogP contribution in [0.2, 0.25) is 0 Å². The van der Waals surface area contributed by atoms with Crippen molar-refractivity contribution in [3.05, 3.63) is 121 Å². The number of rotatable bonds is 14. The molecule has 2 unspecified atom stereocenters. The first kappa shape index (κ1) is 47.6. The normalized spacial score (nSPS) is 18.3. The number of ether oxygens (including phenoxy) is 4. The lowest BCUT2D eigenvalue weighted by atomic mass is 9.89. The van der Waals surface area contributed by atoms with Gasteiger partial charge in [0.2, 0.25) is 0 Å². The Balaban J connectivity index is 0.000000172. The highest BCUT2D eigenvalue weighted by molar-refractivity contribution is 5.98. The van der Waals surface area contributed by atoms with E-state index in [1.165, 1.54) is 74.7 Å². The molecular formula is C57H67N5O7. The van der Waals surface area contributed by atoms with E-state index in [0.29, 0.717) is 53.9 Å². The fourth-order valence-corrected chi connectivity index (χ4v) is 10.1. The van der Waals surface area contributed by atoms with Gasteiger partial charge in [0.25, 0.3) is 0 Å². The minimum Gasteiger partial charge on any atom is -0.494 e. The van der Waals surface area contributed by atoms with Crippen LogP contribution in [0.15, 0.2) is 114 Å². The van der Waals surface area contributed by atoms with E-state index in [1.54, 1.807) is 18.2 Å². The first-order chi connectivity index (χ1) is 33.9. The van der Waals surface area contributed by atoms with Gasteiger partial charge in [-0.05, 0) is 155 Å². The Morgan fingerprint density at radius 1 is 0.667 bits per heavy atom. The molecule has 0 saturated carbocycles. The third-order valence-electron chi connectivity index (χ3n) is 13.9. The number of fused-ring (bicyclic) bond motifs is 4. The van der Waals surface area contributed by atoms with Crippen LogP contribution >= 0.6 is 0 Å². The number of para-hydroxylation sites is 2. The van der Waals surface area contributed by atoms with Crippen molar-refractivity contribution in [2.45, 2.75) is 109 Å². The lowest BCUT2D eigenvalue weighted by Gasteiger charge is -2.38. The Morgan fingerprint density at radius 2 is 1.32 bits per heavy atom. The molecule has 0 spiro atoms. The lowest BCUT2D eigenvalue weighted by molar-refractivity contribution is 0.161.